The Balaban J connectivity index is 0.00000167. The normalized spacial score (nSPS) is 13.5. The maximum absolute atomic E-state index is 12.6. The largest absolute Gasteiger partial charge is 0.344 e. The summed E-state index contributed by atoms with van der Waals surface area (Å²) >= 11 is 7.32. The molecule has 1 aliphatic rings. The number of hydrogen-bond acceptors (Lipinski definition) is 7. The Hall–Kier alpha value is -3.02. The Morgan fingerprint density at radius 3 is 2.74 bits per heavy atom. The molecule has 0 radical (unpaired) electrons. The van der Waals surface area contributed by atoms with Gasteiger partial charge in [-0.15, -0.1) is 11.3 Å². The zero-order chi connectivity index (χ0) is 25.6. The smallest absolute Gasteiger partial charge is 0.280 e. The SMILES string of the molecule is C=C/C(Cl)=C\c1c(-c2cnc(C(=O)NCc3cc(NS(=O)(=O)C4CC4)ccn3)s2)cnn1C.CC. The molecule has 186 valence electrons. The first-order valence-corrected chi connectivity index (χ1v) is 13.7. The Morgan fingerprint density at radius 1 is 1.31 bits per heavy atom. The van der Waals surface area contributed by atoms with Crippen LogP contribution in [0.2, 0.25) is 0 Å². The lowest BCUT2D eigenvalue weighted by Crippen LogP contribution is -2.23. The number of thiazole rings is 1. The Kier molecular flexibility index (Phi) is 8.82. The highest BCUT2D eigenvalue weighted by molar-refractivity contribution is 7.93. The van der Waals surface area contributed by atoms with Crippen LogP contribution in [0.5, 0.6) is 0 Å². The molecule has 3 aromatic rings. The van der Waals surface area contributed by atoms with Crippen molar-refractivity contribution in [3.8, 4) is 10.4 Å². The van der Waals surface area contributed by atoms with Crippen LogP contribution in [-0.4, -0.2) is 39.3 Å². The van der Waals surface area contributed by atoms with Gasteiger partial charge in [-0.2, -0.15) is 5.10 Å². The van der Waals surface area contributed by atoms with E-state index >= 15 is 0 Å². The van der Waals surface area contributed by atoms with Crippen LogP contribution in [0.3, 0.4) is 0 Å². The van der Waals surface area contributed by atoms with E-state index in [9.17, 15) is 13.2 Å². The molecular formula is C23H27ClN6O3S2. The van der Waals surface area contributed by atoms with E-state index in [4.69, 9.17) is 11.6 Å². The third-order valence-electron chi connectivity index (χ3n) is 4.89. The number of sulfonamides is 1. The molecule has 0 saturated heterocycles. The monoisotopic (exact) mass is 534 g/mol. The summed E-state index contributed by atoms with van der Waals surface area (Å²) in [6.45, 7) is 7.78. The summed E-state index contributed by atoms with van der Waals surface area (Å²) in [5.41, 5.74) is 2.51. The quantitative estimate of drug-likeness (QED) is 0.388. The highest BCUT2D eigenvalue weighted by Gasteiger charge is 2.35. The van der Waals surface area contributed by atoms with Crippen LogP contribution in [0.4, 0.5) is 5.69 Å². The van der Waals surface area contributed by atoms with E-state index in [1.165, 1.54) is 23.6 Å². The molecule has 0 bridgehead atoms. The molecule has 4 rings (SSSR count). The molecular weight excluding hydrogens is 508 g/mol. The molecule has 0 aliphatic heterocycles. The molecule has 0 unspecified atom stereocenters. The van der Waals surface area contributed by atoms with Gasteiger partial charge in [0.2, 0.25) is 10.0 Å². The van der Waals surface area contributed by atoms with Gasteiger partial charge in [0.25, 0.3) is 5.91 Å². The van der Waals surface area contributed by atoms with Crippen LogP contribution in [0, 0.1) is 0 Å². The number of hydrogen-bond donors (Lipinski definition) is 2. The van der Waals surface area contributed by atoms with E-state index in [1.54, 1.807) is 42.3 Å². The van der Waals surface area contributed by atoms with Gasteiger partial charge in [0.05, 0.1) is 39.9 Å². The molecule has 3 aromatic heterocycles. The van der Waals surface area contributed by atoms with Crippen LogP contribution in [0.25, 0.3) is 16.5 Å². The Labute approximate surface area is 214 Å². The fraction of sp³-hybridized carbons (Fsp3) is 0.304. The summed E-state index contributed by atoms with van der Waals surface area (Å²) in [7, 11) is -1.57. The second kappa shape index (κ2) is 11.6. The van der Waals surface area contributed by atoms with Crippen LogP contribution < -0.4 is 10.0 Å². The van der Waals surface area contributed by atoms with Gasteiger partial charge in [-0.05, 0) is 31.1 Å². The third-order valence-corrected chi connectivity index (χ3v) is 8.05. The summed E-state index contributed by atoms with van der Waals surface area (Å²) in [6, 6.07) is 3.18. The van der Waals surface area contributed by atoms with Gasteiger partial charge in [0, 0.05) is 30.0 Å². The number of nitrogens with zero attached hydrogens (tertiary/aromatic N) is 4. The number of pyridine rings is 1. The predicted molar refractivity (Wildman–Crippen MR) is 141 cm³/mol. The van der Waals surface area contributed by atoms with E-state index in [0.29, 0.717) is 29.3 Å². The number of carbonyl (C=O) groups excluding carboxylic acids is 1. The summed E-state index contributed by atoms with van der Waals surface area (Å²) < 4.78 is 28.5. The predicted octanol–water partition coefficient (Wildman–Crippen LogP) is 4.56. The van der Waals surface area contributed by atoms with E-state index in [1.807, 2.05) is 13.8 Å². The van der Waals surface area contributed by atoms with E-state index in [2.05, 4.69) is 31.7 Å². The number of nitrogens with one attached hydrogen (secondary N) is 2. The standard InChI is InChI=1S/C21H21ClN6O3S2.C2H6/c1-3-13(22)8-18-17(11-26-28(18)2)19-12-25-21(32-19)20(29)24-10-15-9-14(6-7-23-15)27-33(30,31)16-4-5-16;1-2/h3,6-9,11-12,16H,1,4-5,10H2,2H3,(H,23,27)(H,24,29);1-2H3/b13-8+;. The van der Waals surface area contributed by atoms with Gasteiger partial charge in [-0.3, -0.25) is 19.2 Å². The molecule has 1 amide bonds. The van der Waals surface area contributed by atoms with Gasteiger partial charge in [-0.25, -0.2) is 13.4 Å². The zero-order valence-corrected chi connectivity index (χ0v) is 22.0. The van der Waals surface area contributed by atoms with Crippen LogP contribution in [0.1, 0.15) is 47.9 Å². The number of halogens is 1. The average Bonchev–Trinajstić information content (AvgIpc) is 3.52. The van der Waals surface area contributed by atoms with Crippen molar-refractivity contribution in [3.05, 3.63) is 64.8 Å². The maximum atomic E-state index is 12.6. The van der Waals surface area contributed by atoms with Crippen molar-refractivity contribution in [2.75, 3.05) is 4.72 Å². The minimum Gasteiger partial charge on any atom is -0.344 e. The lowest BCUT2D eigenvalue weighted by Gasteiger charge is -2.08. The van der Waals surface area contributed by atoms with Crippen molar-refractivity contribution >= 4 is 50.6 Å². The molecule has 2 N–H and O–H groups in total. The molecule has 0 atom stereocenters. The molecule has 3 heterocycles. The van der Waals surface area contributed by atoms with Gasteiger partial charge in [-0.1, -0.05) is 38.1 Å². The molecule has 1 saturated carbocycles. The highest BCUT2D eigenvalue weighted by Crippen LogP contribution is 2.31. The van der Waals surface area contributed by atoms with Crippen molar-refractivity contribution < 1.29 is 13.2 Å². The van der Waals surface area contributed by atoms with Crippen molar-refractivity contribution in [2.24, 2.45) is 7.05 Å². The number of anilines is 1. The topological polar surface area (TPSA) is 119 Å². The first kappa shape index (κ1) is 26.6. The number of aryl methyl sites for hydroxylation is 1. The number of aromatic nitrogens is 4. The van der Waals surface area contributed by atoms with Crippen LogP contribution in [0.15, 0.2) is 48.4 Å². The van der Waals surface area contributed by atoms with E-state index < -0.39 is 10.0 Å². The number of carbonyl (C=O) groups is 1. The molecule has 0 aromatic carbocycles. The fourth-order valence-electron chi connectivity index (χ4n) is 3.01. The van der Waals surface area contributed by atoms with Gasteiger partial charge < -0.3 is 5.32 Å². The second-order valence-corrected chi connectivity index (χ2v) is 10.8. The van der Waals surface area contributed by atoms with E-state index in [0.717, 1.165) is 16.1 Å². The van der Waals surface area contributed by atoms with Crippen LogP contribution >= 0.6 is 22.9 Å². The third kappa shape index (κ3) is 6.77. The second-order valence-electron chi connectivity index (χ2n) is 7.40. The van der Waals surface area contributed by atoms with Crippen LogP contribution in [-0.2, 0) is 23.6 Å². The molecule has 1 aliphatic carbocycles. The highest BCUT2D eigenvalue weighted by atomic mass is 35.5. The minimum atomic E-state index is -3.36. The summed E-state index contributed by atoms with van der Waals surface area (Å²) in [6.07, 6.45) is 9.43. The average molecular weight is 535 g/mol. The first-order valence-electron chi connectivity index (χ1n) is 11.0. The van der Waals surface area contributed by atoms with Gasteiger partial charge in [0.15, 0.2) is 5.01 Å². The number of amides is 1. The fourth-order valence-corrected chi connectivity index (χ4v) is 5.35. The summed E-state index contributed by atoms with van der Waals surface area (Å²) in [5.74, 6) is -0.359. The van der Waals surface area contributed by atoms with Crippen molar-refractivity contribution in [3.63, 3.8) is 0 Å². The molecule has 9 nitrogen and oxygen atoms in total. The van der Waals surface area contributed by atoms with Crippen molar-refractivity contribution in [2.45, 2.75) is 38.5 Å². The van der Waals surface area contributed by atoms with Crippen molar-refractivity contribution in [1.82, 2.24) is 25.1 Å². The Bertz CT molecular complexity index is 1340. The molecule has 35 heavy (non-hydrogen) atoms. The van der Waals surface area contributed by atoms with Crippen molar-refractivity contribution in [1.29, 1.82) is 0 Å². The minimum absolute atomic E-state index is 0.128. The lowest BCUT2D eigenvalue weighted by molar-refractivity contribution is 0.0950. The number of allylic oxidation sites excluding steroid dienone is 2. The summed E-state index contributed by atoms with van der Waals surface area (Å²) in [4.78, 5) is 21.8. The lowest BCUT2D eigenvalue weighted by atomic mass is 10.2. The van der Waals surface area contributed by atoms with E-state index in [-0.39, 0.29) is 22.7 Å². The molecule has 12 heteroatoms. The van der Waals surface area contributed by atoms with Gasteiger partial charge in [0.1, 0.15) is 0 Å². The molecule has 0 spiro atoms. The first-order chi connectivity index (χ1) is 16.8. The molecule has 1 fully saturated rings. The number of rotatable bonds is 9. The zero-order valence-electron chi connectivity index (χ0n) is 19.7. The maximum Gasteiger partial charge on any atom is 0.280 e. The summed E-state index contributed by atoms with van der Waals surface area (Å²) in [5, 5.41) is 7.46. The Morgan fingerprint density at radius 2 is 2.06 bits per heavy atom. The van der Waals surface area contributed by atoms with Gasteiger partial charge >= 0.3 is 0 Å².